The molecule has 1 fully saturated rings. The van der Waals surface area contributed by atoms with Crippen LogP contribution >= 0.6 is 34.4 Å². The van der Waals surface area contributed by atoms with Crippen LogP contribution in [-0.2, 0) is 30.6 Å². The molecule has 3 aromatic rings. The van der Waals surface area contributed by atoms with Crippen molar-refractivity contribution >= 4 is 73.8 Å². The lowest BCUT2D eigenvalue weighted by molar-refractivity contribution is -0.687. The summed E-state index contributed by atoms with van der Waals surface area (Å²) < 4.78 is 3.74. The Hall–Kier alpha value is -3.96. The number of amides is 3. The molecule has 0 radical (unpaired) electrons. The highest BCUT2D eigenvalue weighted by atomic mass is 32.2. The van der Waals surface area contributed by atoms with Crippen LogP contribution in [0.25, 0.3) is 4.83 Å². The quantitative estimate of drug-likeness (QED) is 0.110. The van der Waals surface area contributed by atoms with Gasteiger partial charge >= 0.3 is 0 Å². The Morgan fingerprint density at radius 1 is 1.35 bits per heavy atom. The topological polar surface area (TPSA) is 201 Å². The molecular weight excluding hydrogens is 544 g/mol. The lowest BCUT2D eigenvalue weighted by Crippen LogP contribution is -2.71. The van der Waals surface area contributed by atoms with Gasteiger partial charge in [-0.15, -0.1) is 23.1 Å². The Bertz CT molecular complexity index is 1460. The standard InChI is InChI=1S/C20H18N8O6S3/c21-11(29)5-34-25-13(10-7-37-20(22)23-10)16(30)24-14-17(31)28-15(19(32)33)9(6-36-18(14)28)3-26-4-12-27(8-26)1-2-35-12/h1-2,4,7-8,14,18H,3,5-6H2,(H5-,21,22,23,24,29,30,32,33)/b25-13-/t14-,18-/m1/s1. The third kappa shape index (κ3) is 4.75. The molecule has 1 saturated heterocycles. The number of hydrogen-bond donors (Lipinski definition) is 3. The molecule has 0 spiro atoms. The first kappa shape index (κ1) is 24.7. The third-order valence-electron chi connectivity index (χ3n) is 5.46. The number of β-lactam (4-membered cyclic amide) rings is 1. The van der Waals surface area contributed by atoms with Crippen molar-refractivity contribution in [2.75, 3.05) is 18.1 Å². The number of carbonyl (C=O) groups is 4. The molecule has 2 aliphatic heterocycles. The number of hydrogen-bond acceptors (Lipinski definition) is 12. The van der Waals surface area contributed by atoms with Crippen molar-refractivity contribution in [3.05, 3.63) is 46.4 Å². The first-order chi connectivity index (χ1) is 17.7. The maximum atomic E-state index is 13.0. The van der Waals surface area contributed by atoms with Crippen LogP contribution in [0.2, 0.25) is 0 Å². The molecule has 0 saturated carbocycles. The van der Waals surface area contributed by atoms with Gasteiger partial charge in [0.15, 0.2) is 17.5 Å². The number of oxime groups is 1. The minimum Gasteiger partial charge on any atom is -0.543 e. The van der Waals surface area contributed by atoms with Crippen LogP contribution < -0.4 is 26.5 Å². The van der Waals surface area contributed by atoms with Crippen LogP contribution in [0.1, 0.15) is 5.69 Å². The van der Waals surface area contributed by atoms with E-state index in [1.165, 1.54) is 28.5 Å². The van der Waals surface area contributed by atoms with Gasteiger partial charge in [0.05, 0.1) is 11.7 Å². The van der Waals surface area contributed by atoms with E-state index in [2.05, 4.69) is 15.5 Å². The number of fused-ring (bicyclic) bond motifs is 2. The van der Waals surface area contributed by atoms with Crippen LogP contribution in [-0.4, -0.2) is 67.5 Å². The van der Waals surface area contributed by atoms with Crippen molar-refractivity contribution in [1.82, 2.24) is 19.6 Å². The highest BCUT2D eigenvalue weighted by Crippen LogP contribution is 2.40. The van der Waals surface area contributed by atoms with Crippen molar-refractivity contribution < 1.29 is 33.7 Å². The molecule has 2 atom stereocenters. The second-order valence-corrected chi connectivity index (χ2v) is 10.8. The number of thioether (sulfide) groups is 1. The summed E-state index contributed by atoms with van der Waals surface area (Å²) in [5, 5.41) is 21.1. The first-order valence-corrected chi connectivity index (χ1v) is 13.4. The van der Waals surface area contributed by atoms with Crippen LogP contribution in [0.3, 0.4) is 0 Å². The summed E-state index contributed by atoms with van der Waals surface area (Å²) in [5.74, 6) is -3.39. The molecule has 0 aliphatic carbocycles. The second kappa shape index (κ2) is 9.83. The van der Waals surface area contributed by atoms with E-state index in [9.17, 15) is 24.3 Å². The molecular formula is C20H18N8O6S3. The van der Waals surface area contributed by atoms with Gasteiger partial charge in [-0.2, -0.15) is 4.40 Å². The van der Waals surface area contributed by atoms with Gasteiger partial charge in [0.2, 0.25) is 11.2 Å². The zero-order valence-corrected chi connectivity index (χ0v) is 21.2. The van der Waals surface area contributed by atoms with Gasteiger partial charge in [-0.25, -0.2) is 9.55 Å². The fourth-order valence-corrected chi connectivity index (χ4v) is 6.54. The lowest BCUT2D eigenvalue weighted by Gasteiger charge is -2.50. The number of aliphatic carboxylic acids is 1. The minimum atomic E-state index is -1.47. The zero-order chi connectivity index (χ0) is 26.3. The van der Waals surface area contributed by atoms with E-state index in [1.807, 2.05) is 33.1 Å². The van der Waals surface area contributed by atoms with E-state index in [4.69, 9.17) is 16.3 Å². The third-order valence-corrected chi connectivity index (χ3v) is 8.29. The summed E-state index contributed by atoms with van der Waals surface area (Å²) in [5.41, 5.74) is 10.7. The van der Waals surface area contributed by atoms with Crippen molar-refractivity contribution in [3.63, 3.8) is 0 Å². The molecule has 37 heavy (non-hydrogen) atoms. The van der Waals surface area contributed by atoms with Gasteiger partial charge in [0, 0.05) is 22.1 Å². The van der Waals surface area contributed by atoms with Crippen molar-refractivity contribution in [3.8, 4) is 0 Å². The van der Waals surface area contributed by atoms with Gasteiger partial charge in [-0.3, -0.25) is 19.3 Å². The summed E-state index contributed by atoms with van der Waals surface area (Å²) in [6, 6.07) is -1.03. The number of carbonyl (C=O) groups excluding carboxylic acids is 4. The molecule has 0 aromatic carbocycles. The highest BCUT2D eigenvalue weighted by Gasteiger charge is 2.53. The first-order valence-electron chi connectivity index (χ1n) is 10.6. The number of nitrogens with one attached hydrogen (secondary N) is 1. The van der Waals surface area contributed by atoms with Crippen LogP contribution in [0.5, 0.6) is 0 Å². The fraction of sp³-hybridized carbons (Fsp3) is 0.250. The average molecular weight is 563 g/mol. The Kier molecular flexibility index (Phi) is 6.57. The maximum absolute atomic E-state index is 13.0. The van der Waals surface area contributed by atoms with Crippen LogP contribution in [0, 0.1) is 0 Å². The number of primary amides is 1. The summed E-state index contributed by atoms with van der Waals surface area (Å²) in [6.45, 7) is -0.317. The smallest absolute Gasteiger partial charge is 0.276 e. The Balaban J connectivity index is 1.34. The lowest BCUT2D eigenvalue weighted by atomic mass is 10.0. The van der Waals surface area contributed by atoms with Gasteiger partial charge < -0.3 is 31.5 Å². The van der Waals surface area contributed by atoms with Gasteiger partial charge in [-0.05, 0) is 0 Å². The molecule has 3 aromatic heterocycles. The van der Waals surface area contributed by atoms with E-state index in [0.29, 0.717) is 11.3 Å². The van der Waals surface area contributed by atoms with E-state index < -0.39 is 41.7 Å². The fourth-order valence-electron chi connectivity index (χ4n) is 3.90. The Morgan fingerprint density at radius 3 is 2.84 bits per heavy atom. The van der Waals surface area contributed by atoms with E-state index in [0.717, 1.165) is 21.1 Å². The molecule has 14 nitrogen and oxygen atoms in total. The number of thiazole rings is 2. The average Bonchev–Trinajstić information content (AvgIpc) is 3.56. The van der Waals surface area contributed by atoms with Crippen LogP contribution in [0.15, 0.2) is 45.9 Å². The molecule has 192 valence electrons. The molecule has 17 heteroatoms. The van der Waals surface area contributed by atoms with Gasteiger partial charge in [-0.1, -0.05) is 16.5 Å². The molecule has 5 heterocycles. The summed E-state index contributed by atoms with van der Waals surface area (Å²) in [7, 11) is 0. The van der Waals surface area contributed by atoms with Crippen molar-refractivity contribution in [1.29, 1.82) is 0 Å². The van der Waals surface area contributed by atoms with Crippen molar-refractivity contribution in [2.24, 2.45) is 10.9 Å². The molecule has 5 N–H and O–H groups in total. The number of anilines is 1. The number of imidazole rings is 1. The second-order valence-electron chi connectivity index (χ2n) is 7.92. The highest BCUT2D eigenvalue weighted by molar-refractivity contribution is 8.00. The van der Waals surface area contributed by atoms with Crippen molar-refractivity contribution in [2.45, 2.75) is 18.0 Å². The monoisotopic (exact) mass is 562 g/mol. The predicted molar refractivity (Wildman–Crippen MR) is 131 cm³/mol. The SMILES string of the molecule is NC(=O)CO/N=C(\C(=O)N[C@@H]1C(=O)N2C(C(=O)[O-])=C(C[n+]3cc4sccn4c3)CS[C@H]12)c1csc(N)n1. The number of carboxylic acid groups (broad SMARTS) is 1. The Morgan fingerprint density at radius 2 is 2.16 bits per heavy atom. The summed E-state index contributed by atoms with van der Waals surface area (Å²) in [4.78, 5) is 59.9. The van der Waals surface area contributed by atoms with Crippen LogP contribution in [0.4, 0.5) is 5.13 Å². The normalized spacial score (nSPS) is 19.5. The Labute approximate surface area is 220 Å². The number of carboxylic acids is 1. The number of aromatic nitrogens is 3. The summed E-state index contributed by atoms with van der Waals surface area (Å²) >= 11 is 3.91. The largest absolute Gasteiger partial charge is 0.543 e. The molecule has 0 unspecified atom stereocenters. The van der Waals surface area contributed by atoms with Gasteiger partial charge in [0.1, 0.15) is 36.0 Å². The number of nitrogens with two attached hydrogens (primary N) is 2. The van der Waals surface area contributed by atoms with Gasteiger partial charge in [0.25, 0.3) is 17.7 Å². The zero-order valence-electron chi connectivity index (χ0n) is 18.7. The molecule has 5 rings (SSSR count). The molecule has 3 amide bonds. The predicted octanol–water partition coefficient (Wildman–Crippen LogP) is -2.36. The summed E-state index contributed by atoms with van der Waals surface area (Å²) in [6.07, 6.45) is 5.60. The van der Waals surface area contributed by atoms with E-state index >= 15 is 0 Å². The maximum Gasteiger partial charge on any atom is 0.276 e. The van der Waals surface area contributed by atoms with E-state index in [1.54, 1.807) is 0 Å². The van der Waals surface area contributed by atoms with E-state index in [-0.39, 0.29) is 28.8 Å². The minimum absolute atomic E-state index is 0.0755. The molecule has 0 bridgehead atoms. The molecule has 2 aliphatic rings. The number of nitrogen functional groups attached to an aromatic ring is 1. The number of nitrogens with zero attached hydrogens (tertiary/aromatic N) is 5. The number of rotatable bonds is 9.